The molecule has 0 spiro atoms. The van der Waals surface area contributed by atoms with Crippen LogP contribution in [0.1, 0.15) is 140 Å². The number of ketones is 1. The molecule has 4 aliphatic heterocycles. The fourth-order valence-corrected chi connectivity index (χ4v) is 13.4. The Bertz CT molecular complexity index is 3690. The van der Waals surface area contributed by atoms with Gasteiger partial charge in [-0.1, -0.05) is 13.8 Å². The molecule has 48 nitrogen and oxygen atoms in total. The quantitative estimate of drug-likeness (QED) is 0.0153. The molecule has 4 heterocycles. The third-order valence-corrected chi connectivity index (χ3v) is 19.7. The van der Waals surface area contributed by atoms with Gasteiger partial charge in [0.15, 0.2) is 11.7 Å². The summed E-state index contributed by atoms with van der Waals surface area (Å²) in [5.41, 5.74) is 6.10. The average Bonchev–Trinajstić information content (AvgIpc) is 0.873. The Morgan fingerprint density at radius 3 is 1.58 bits per heavy atom. The van der Waals surface area contributed by atoms with Gasteiger partial charge in [0.1, 0.15) is 90.6 Å². The highest BCUT2D eigenvalue weighted by Crippen LogP contribution is 2.31. The van der Waals surface area contributed by atoms with Gasteiger partial charge in [-0.3, -0.25) is 87.0 Å². The van der Waals surface area contributed by atoms with Crippen molar-refractivity contribution >= 4 is 112 Å². The number of hydrogen-bond donors (Lipinski definition) is 25. The number of aliphatic imine (C=N–C) groups is 1. The number of guanidine groups is 1. The number of carbonyl (C=O) groups excluding carboxylic acids is 16. The number of likely N-dealkylation sites (tertiary alicyclic amines) is 3. The SMILES string of the molecule is [3H]C(N[C@@H](CCCN=C(N)NC(=O)[C@@H](NC(=O)[C@H](CC(=O)O)NC(=O)[C@@H]1CCCN1C(=O)[C@H](C)NC(=O)[C@H](CO)NC(=O)[C@@H](NC(=O)[C@@H](NC(=O)CNC(=O)CCCC(C)=O)C(C)C)[C@@H](C)O)[C@@H](C)O)C(=O)N1CCC[C@H]1C(=O)N[C@@H](C)C(=O)N1CCC[C@H]1C(=O)NCC(=O)N[C@@H](CO)C(=O)O)[C@]1(O)C[C@H](O)[C@@H](NC(C)=O)[C@H]([C@H](O)[C@H](O)CO)O1. The number of carbonyl (C=O) groups is 18. The summed E-state index contributed by atoms with van der Waals surface area (Å²) in [6, 6.07) is -20.7. The van der Waals surface area contributed by atoms with Crippen molar-refractivity contribution < 1.29 is 149 Å². The molecule has 0 saturated carbocycles. The van der Waals surface area contributed by atoms with Crippen LogP contribution in [-0.2, 0) is 91.0 Å². The van der Waals surface area contributed by atoms with Crippen molar-refractivity contribution in [3.05, 3.63) is 0 Å². The molecule has 48 heteroatoms. The van der Waals surface area contributed by atoms with E-state index in [1.807, 2.05) is 5.32 Å². The van der Waals surface area contributed by atoms with Crippen molar-refractivity contribution in [3.8, 4) is 0 Å². The third kappa shape index (κ3) is 31.1. The van der Waals surface area contributed by atoms with Crippen LogP contribution in [0.25, 0.3) is 0 Å². The van der Waals surface area contributed by atoms with Gasteiger partial charge in [0.2, 0.25) is 82.7 Å². The van der Waals surface area contributed by atoms with Crippen molar-refractivity contribution in [2.45, 2.75) is 260 Å². The lowest BCUT2D eigenvalue weighted by Gasteiger charge is -2.47. The Labute approximate surface area is 684 Å². The van der Waals surface area contributed by atoms with E-state index < -0.39 is 299 Å². The molecule has 0 aromatic heterocycles. The predicted molar refractivity (Wildman–Crippen MR) is 407 cm³/mol. The van der Waals surface area contributed by atoms with Gasteiger partial charge in [0, 0.05) is 53.7 Å². The minimum atomic E-state index is -2.90. The standard InChI is InChI=1S/C71H116N18O30/c1-32(2)52(83-50(101)26-74-48(99)19-9-14-33(3)93)63(110)85-53(36(6)94)64(111)82-41(28-90)59(106)77-34(4)66(113)88-22-12-18-45(88)62(109)81-40(24-51(102)103)58(105)84-54(37(7)95)65(112)86-70(72)73-20-10-15-39(76-31-71(118)25-46(97)55(79-38(8)96)57(119-71)56(104)47(98)30-92)68(115)89-23-13-17-44(89)61(108)78-35(5)67(114)87-21-11-16-43(87)60(107)75-27-49(100)80-42(29-91)69(116)117/h32,34-37,39-47,52-57,76,90-92,94-95,97-98,104,118H,9-31H2,1-8H3,(H,74,99)(H,75,107)(H,77,106)(H,78,108)(H,79,96)(H,80,100)(H,81,109)(H,82,111)(H,83,101)(H,84,105)(H,85,110)(H,102,103)(H,116,117)(H3,72,73,86,112)/t34-,35-,36+,37+,39-,40-,41-,42-,43-,44-,45-,46-,47+,52-,53-,54-,55+,56+,57+,71-/m0/s1/i31T/t31?,34-,35-,36+,37+,39-,40-,41-,42-,43-,44-,45-,46-,47+,52-,53-,54-,55+,56+,57+,71-. The lowest BCUT2D eigenvalue weighted by molar-refractivity contribution is -0.298. The minimum Gasteiger partial charge on any atom is -0.481 e. The number of carboxylic acids is 2. The summed E-state index contributed by atoms with van der Waals surface area (Å²) in [6.07, 6.45) is -13.1. The second-order valence-corrected chi connectivity index (χ2v) is 29.8. The number of hydrogen-bond acceptors (Lipinski definition) is 30. The van der Waals surface area contributed by atoms with Crippen molar-refractivity contribution in [1.82, 2.24) is 83.8 Å². The van der Waals surface area contributed by atoms with Crippen LogP contribution in [0.4, 0.5) is 0 Å². The second-order valence-electron chi connectivity index (χ2n) is 29.8. The zero-order chi connectivity index (χ0) is 90.5. The second kappa shape index (κ2) is 48.1. The molecule has 0 aliphatic carbocycles. The first-order chi connectivity index (χ1) is 56.2. The number of aliphatic hydroxyl groups is 9. The zero-order valence-corrected chi connectivity index (χ0v) is 67.2. The molecule has 4 fully saturated rings. The number of aliphatic hydroxyl groups excluding tert-OH is 8. The van der Waals surface area contributed by atoms with Crippen LogP contribution in [0, 0.1) is 5.92 Å². The Morgan fingerprint density at radius 1 is 0.555 bits per heavy atom. The lowest BCUT2D eigenvalue weighted by Crippen LogP contribution is -2.67. The molecule has 0 aromatic carbocycles. The first-order valence-corrected chi connectivity index (χ1v) is 38.7. The molecule has 15 amide bonds. The molecule has 119 heavy (non-hydrogen) atoms. The molecule has 4 aliphatic rings. The summed E-state index contributed by atoms with van der Waals surface area (Å²) in [4.78, 5) is 244. The highest BCUT2D eigenvalue weighted by atomic mass is 16.6. The number of nitrogens with one attached hydrogen (secondary N) is 13. The van der Waals surface area contributed by atoms with Gasteiger partial charge in [-0.15, -0.1) is 0 Å². The number of ether oxygens (including phenoxy) is 1. The molecule has 26 N–H and O–H groups in total. The molecule has 670 valence electrons. The summed E-state index contributed by atoms with van der Waals surface area (Å²) in [5.74, 6) is -22.0. The van der Waals surface area contributed by atoms with Crippen LogP contribution >= 0.6 is 0 Å². The smallest absolute Gasteiger partial charge is 0.328 e. The minimum absolute atomic E-state index is 0.00543. The molecular weight excluding hydrogens is 1580 g/mol. The summed E-state index contributed by atoms with van der Waals surface area (Å²) in [7, 11) is 0. The van der Waals surface area contributed by atoms with E-state index in [1.54, 1.807) is 0 Å². The molecule has 4 rings (SSSR count). The Morgan fingerprint density at radius 2 is 1.06 bits per heavy atom. The van der Waals surface area contributed by atoms with E-state index in [2.05, 4.69) is 68.8 Å². The maximum Gasteiger partial charge on any atom is 0.328 e. The molecule has 4 saturated heterocycles. The normalized spacial score (nSPS) is 22.9. The summed E-state index contributed by atoms with van der Waals surface area (Å²) >= 11 is 0. The van der Waals surface area contributed by atoms with Gasteiger partial charge in [0.05, 0.1) is 76.2 Å². The highest BCUT2D eigenvalue weighted by Gasteiger charge is 2.51. The van der Waals surface area contributed by atoms with E-state index in [-0.39, 0.29) is 83.2 Å². The van der Waals surface area contributed by atoms with E-state index in [9.17, 15) is 137 Å². The van der Waals surface area contributed by atoms with Crippen LogP contribution in [0.2, 0.25) is 0 Å². The van der Waals surface area contributed by atoms with E-state index in [1.165, 1.54) is 34.6 Å². The topological polar surface area (TPSA) is 744 Å². The van der Waals surface area contributed by atoms with Gasteiger partial charge >= 0.3 is 11.9 Å². The van der Waals surface area contributed by atoms with Crippen LogP contribution in [0.15, 0.2) is 4.99 Å². The molecule has 1 unspecified atom stereocenters. The molecule has 21 atom stereocenters. The molecule has 0 aromatic rings. The number of carboxylic acid groups (broad SMARTS) is 2. The summed E-state index contributed by atoms with van der Waals surface area (Å²) in [6.45, 7) is 2.78. The maximum absolute atomic E-state index is 14.9. The fourth-order valence-electron chi connectivity index (χ4n) is 13.4. The number of amides is 15. The van der Waals surface area contributed by atoms with Crippen LogP contribution < -0.4 is 74.9 Å². The van der Waals surface area contributed by atoms with Gasteiger partial charge in [-0.05, 0) is 98.3 Å². The van der Waals surface area contributed by atoms with E-state index in [0.29, 0.717) is 6.42 Å². The molecule has 0 radical (unpaired) electrons. The zero-order valence-electron chi connectivity index (χ0n) is 68.2. The van der Waals surface area contributed by atoms with Crippen LogP contribution in [-0.4, -0.2) is 370 Å². The van der Waals surface area contributed by atoms with Crippen molar-refractivity contribution in [1.29, 1.82) is 0 Å². The Kier molecular flexibility index (Phi) is 40.1. The first-order valence-electron chi connectivity index (χ1n) is 39.3. The van der Waals surface area contributed by atoms with Crippen LogP contribution in [0.5, 0.6) is 0 Å². The molecule has 0 bridgehead atoms. The number of aliphatic carboxylic acids is 2. The lowest BCUT2D eigenvalue weighted by atomic mass is 9.88. The largest absolute Gasteiger partial charge is 0.481 e. The van der Waals surface area contributed by atoms with Crippen molar-refractivity contribution in [3.63, 3.8) is 0 Å². The summed E-state index contributed by atoms with van der Waals surface area (Å²) in [5, 5.41) is 144. The van der Waals surface area contributed by atoms with Crippen molar-refractivity contribution in [2.75, 3.05) is 65.6 Å². The van der Waals surface area contributed by atoms with Gasteiger partial charge in [-0.2, -0.15) is 0 Å². The first kappa shape index (κ1) is 99.3. The van der Waals surface area contributed by atoms with E-state index in [0.717, 1.165) is 35.5 Å². The number of nitrogens with zero attached hydrogens (tertiary/aromatic N) is 4. The fraction of sp³-hybridized carbons (Fsp3) is 0.732. The average molecular weight is 1700 g/mol. The Balaban J connectivity index is 1.47. The van der Waals surface area contributed by atoms with Gasteiger partial charge in [-0.25, -0.2) is 4.79 Å². The number of nitrogens with two attached hydrogens (primary N) is 1. The van der Waals surface area contributed by atoms with E-state index >= 15 is 0 Å². The van der Waals surface area contributed by atoms with Crippen molar-refractivity contribution in [2.24, 2.45) is 16.6 Å². The highest BCUT2D eigenvalue weighted by molar-refractivity contribution is 6.03. The monoisotopic (exact) mass is 1700 g/mol. The van der Waals surface area contributed by atoms with Gasteiger partial charge < -0.3 is 150 Å². The third-order valence-electron chi connectivity index (χ3n) is 19.7. The van der Waals surface area contributed by atoms with Crippen LogP contribution in [0.3, 0.4) is 0 Å². The maximum atomic E-state index is 14.9. The molecular formula is C71H116N18O30. The predicted octanol–water partition coefficient (Wildman–Crippen LogP) is -12.9. The number of rotatable bonds is 46. The van der Waals surface area contributed by atoms with E-state index in [4.69, 9.17) is 16.9 Å². The Hall–Kier alpha value is -10.3. The summed E-state index contributed by atoms with van der Waals surface area (Å²) < 4.78 is 14.9. The van der Waals surface area contributed by atoms with Gasteiger partial charge in [0.25, 0.3) is 5.91 Å². The number of Topliss-reactive ketones (excluding diaryl/α,β-unsaturated/α-hetero) is 1.